The maximum Gasteiger partial charge on any atom is 2.00 e. The molecule has 3 heterocycles. The van der Waals surface area contributed by atoms with E-state index in [0.29, 0.717) is 11.8 Å². The molecule has 1 aliphatic rings. The fraction of sp³-hybridized carbons (Fsp3) is 0.0968. The number of fused-ring (bicyclic) bond motifs is 2. The molecule has 4 nitrogen and oxygen atoms in total. The molecule has 0 fully saturated rings. The van der Waals surface area contributed by atoms with Crippen LogP contribution in [0.1, 0.15) is 25.0 Å². The molecule has 5 heteroatoms. The zero-order valence-corrected chi connectivity index (χ0v) is 22.2. The van der Waals surface area contributed by atoms with E-state index >= 15 is 0 Å². The van der Waals surface area contributed by atoms with E-state index in [-0.39, 0.29) is 26.5 Å². The molecular weight excluding hydrogens is 625 g/mol. The Balaban J connectivity index is 0.00000267. The fourth-order valence-corrected chi connectivity index (χ4v) is 4.68. The van der Waals surface area contributed by atoms with E-state index in [1.807, 2.05) is 54.6 Å². The molecule has 0 amide bonds. The molecule has 0 spiro atoms. The van der Waals surface area contributed by atoms with E-state index in [9.17, 15) is 0 Å². The van der Waals surface area contributed by atoms with Gasteiger partial charge in [-0.3, -0.25) is 4.98 Å². The number of hydrogen-bond acceptors (Lipinski definition) is 4. The quantitative estimate of drug-likeness (QED) is 0.188. The van der Waals surface area contributed by atoms with E-state index in [0.717, 1.165) is 28.3 Å². The van der Waals surface area contributed by atoms with Gasteiger partial charge in [0, 0.05) is 18.0 Å². The Bertz CT molecular complexity index is 1500. The summed E-state index contributed by atoms with van der Waals surface area (Å²) in [5.74, 6) is 1.00. The van der Waals surface area contributed by atoms with Gasteiger partial charge in [0.2, 0.25) is 11.8 Å². The number of nitrogens with zero attached hydrogens (tertiary/aromatic N) is 3. The van der Waals surface area contributed by atoms with Crippen molar-refractivity contribution in [3.8, 4) is 23.0 Å². The topological polar surface area (TPSA) is 38.3 Å². The first-order valence-electron chi connectivity index (χ1n) is 11.6. The van der Waals surface area contributed by atoms with Gasteiger partial charge in [-0.25, -0.2) is 4.98 Å². The Labute approximate surface area is 225 Å². The average molecular weight is 649 g/mol. The van der Waals surface area contributed by atoms with Crippen LogP contribution in [0.15, 0.2) is 103 Å². The van der Waals surface area contributed by atoms with Crippen molar-refractivity contribution in [2.45, 2.75) is 19.3 Å². The van der Waals surface area contributed by atoms with Gasteiger partial charge in [-0.15, -0.1) is 29.8 Å². The summed E-state index contributed by atoms with van der Waals surface area (Å²) >= 11 is 0. The van der Waals surface area contributed by atoms with Crippen LogP contribution >= 0.6 is 0 Å². The smallest absolute Gasteiger partial charge is 0.422 e. The van der Waals surface area contributed by atoms with E-state index in [4.69, 9.17) is 9.72 Å². The van der Waals surface area contributed by atoms with E-state index in [2.05, 4.69) is 78.3 Å². The van der Waals surface area contributed by atoms with E-state index in [1.165, 1.54) is 11.1 Å². The van der Waals surface area contributed by atoms with Crippen LogP contribution in [0.5, 0.6) is 11.8 Å². The zero-order chi connectivity index (χ0) is 23.8. The number of para-hydroxylation sites is 2. The molecule has 0 bridgehead atoms. The number of hydrogen-bond donors (Lipinski definition) is 0. The van der Waals surface area contributed by atoms with Crippen LogP contribution in [0, 0.1) is 12.1 Å². The second-order valence-electron chi connectivity index (χ2n) is 8.99. The van der Waals surface area contributed by atoms with Crippen molar-refractivity contribution >= 4 is 17.1 Å². The van der Waals surface area contributed by atoms with E-state index in [1.54, 1.807) is 6.20 Å². The molecule has 178 valence electrons. The molecule has 0 N–H and O–H groups in total. The number of aromatic nitrogens is 2. The first-order valence-corrected chi connectivity index (χ1v) is 11.6. The van der Waals surface area contributed by atoms with Crippen LogP contribution in [-0.4, -0.2) is 9.97 Å². The second-order valence-corrected chi connectivity index (χ2v) is 8.99. The van der Waals surface area contributed by atoms with Crippen LogP contribution in [0.25, 0.3) is 11.3 Å². The predicted molar refractivity (Wildman–Crippen MR) is 138 cm³/mol. The van der Waals surface area contributed by atoms with Gasteiger partial charge in [-0.2, -0.15) is 24.3 Å². The minimum absolute atomic E-state index is 0. The molecule has 36 heavy (non-hydrogen) atoms. The number of benzene rings is 3. The largest absolute Gasteiger partial charge is 2.00 e. The summed E-state index contributed by atoms with van der Waals surface area (Å²) in [5, 5.41) is 0. The van der Waals surface area contributed by atoms with Crippen LogP contribution in [0.4, 0.5) is 17.1 Å². The summed E-state index contributed by atoms with van der Waals surface area (Å²) < 4.78 is 5.87. The molecule has 2 aromatic heterocycles. The first kappa shape index (κ1) is 24.0. The molecule has 0 radical (unpaired) electrons. The first-order chi connectivity index (χ1) is 17.1. The molecular formula is C31H23N3OPt. The Kier molecular flexibility index (Phi) is 6.47. The molecule has 0 aliphatic carbocycles. The van der Waals surface area contributed by atoms with Crippen molar-refractivity contribution in [1.29, 1.82) is 0 Å². The molecule has 1 aliphatic heterocycles. The van der Waals surface area contributed by atoms with Crippen molar-refractivity contribution in [3.63, 3.8) is 0 Å². The maximum absolute atomic E-state index is 5.87. The maximum atomic E-state index is 5.87. The van der Waals surface area contributed by atoms with Gasteiger partial charge >= 0.3 is 21.1 Å². The Hall–Kier alpha value is -3.75. The van der Waals surface area contributed by atoms with Crippen LogP contribution in [-0.2, 0) is 26.5 Å². The van der Waals surface area contributed by atoms with Crippen molar-refractivity contribution in [2.24, 2.45) is 0 Å². The van der Waals surface area contributed by atoms with Crippen molar-refractivity contribution in [2.75, 3.05) is 4.90 Å². The van der Waals surface area contributed by atoms with Gasteiger partial charge in [-0.05, 0) is 40.6 Å². The zero-order valence-electron chi connectivity index (χ0n) is 19.9. The number of anilines is 3. The van der Waals surface area contributed by atoms with Crippen molar-refractivity contribution in [3.05, 3.63) is 127 Å². The summed E-state index contributed by atoms with van der Waals surface area (Å²) in [5.41, 5.74) is 7.11. The Morgan fingerprint density at radius 1 is 0.778 bits per heavy atom. The summed E-state index contributed by atoms with van der Waals surface area (Å²) in [6.07, 6.45) is 1.70. The summed E-state index contributed by atoms with van der Waals surface area (Å²) in [4.78, 5) is 11.2. The third kappa shape index (κ3) is 4.23. The molecule has 0 saturated carbocycles. The summed E-state index contributed by atoms with van der Waals surface area (Å²) in [6.45, 7) is 4.54. The SMILES string of the molecule is CC1(C)c2ccc(-c3cccc(Oc4ccccn4)n3)[c-]c2N(c2[c-]cccc2)c2ccccc21.[Pt+2]. The van der Waals surface area contributed by atoms with Gasteiger partial charge in [0.25, 0.3) is 0 Å². The average Bonchev–Trinajstić information content (AvgIpc) is 2.90. The number of pyridine rings is 2. The molecule has 0 atom stereocenters. The van der Waals surface area contributed by atoms with E-state index < -0.39 is 0 Å². The third-order valence-electron chi connectivity index (χ3n) is 6.42. The Morgan fingerprint density at radius 3 is 2.39 bits per heavy atom. The molecule has 6 rings (SSSR count). The summed E-state index contributed by atoms with van der Waals surface area (Å²) in [6, 6.07) is 39.3. The van der Waals surface area contributed by atoms with Crippen LogP contribution in [0.3, 0.4) is 0 Å². The molecule has 5 aromatic rings. The van der Waals surface area contributed by atoms with Gasteiger partial charge in [-0.1, -0.05) is 61.5 Å². The van der Waals surface area contributed by atoms with Crippen LogP contribution < -0.4 is 9.64 Å². The second kappa shape index (κ2) is 9.72. The number of ether oxygens (including phenoxy) is 1. The Morgan fingerprint density at radius 2 is 1.58 bits per heavy atom. The molecule has 0 unspecified atom stereocenters. The van der Waals surface area contributed by atoms with Gasteiger partial charge < -0.3 is 9.64 Å². The van der Waals surface area contributed by atoms with Crippen LogP contribution in [0.2, 0.25) is 0 Å². The third-order valence-corrected chi connectivity index (χ3v) is 6.42. The number of rotatable bonds is 4. The minimum Gasteiger partial charge on any atom is -0.422 e. The van der Waals surface area contributed by atoms with Crippen molar-refractivity contribution < 1.29 is 25.8 Å². The van der Waals surface area contributed by atoms with Gasteiger partial charge in [0.1, 0.15) is 0 Å². The standard InChI is InChI=1S/C31H23N3O.Pt/c1-31(2)24-13-6-7-15-27(24)34(23-11-4-3-5-12-23)28-21-22(18-19-25(28)31)26-14-10-17-30(33-26)35-29-16-8-9-20-32-29;/h3-11,13-20H,1-2H3;/q-2;+2. The predicted octanol–water partition coefficient (Wildman–Crippen LogP) is 7.64. The normalized spacial score (nSPS) is 13.2. The summed E-state index contributed by atoms with van der Waals surface area (Å²) in [7, 11) is 0. The monoisotopic (exact) mass is 648 g/mol. The molecule has 3 aromatic carbocycles. The van der Waals surface area contributed by atoms with Gasteiger partial charge in [0.15, 0.2) is 0 Å². The molecule has 0 saturated heterocycles. The fourth-order valence-electron chi connectivity index (χ4n) is 4.68. The van der Waals surface area contributed by atoms with Gasteiger partial charge in [0.05, 0.1) is 0 Å². The van der Waals surface area contributed by atoms with Crippen molar-refractivity contribution in [1.82, 2.24) is 9.97 Å². The minimum atomic E-state index is -0.177.